The molecule has 0 bridgehead atoms. The molecule has 0 amide bonds. The second kappa shape index (κ2) is 34.6. The fourth-order valence-corrected chi connectivity index (χ4v) is 9.08. The van der Waals surface area contributed by atoms with E-state index in [1.807, 2.05) is 52.1 Å². The minimum atomic E-state index is -0.278. The number of benzene rings is 4. The van der Waals surface area contributed by atoms with Crippen molar-refractivity contribution in [1.29, 1.82) is 0 Å². The van der Waals surface area contributed by atoms with Crippen molar-refractivity contribution in [1.82, 2.24) is 0 Å². The second-order valence-corrected chi connectivity index (χ2v) is 62.8. The van der Waals surface area contributed by atoms with Crippen molar-refractivity contribution in [3.05, 3.63) is 117 Å². The van der Waals surface area contributed by atoms with Crippen LogP contribution in [-0.2, 0) is 26.9 Å². The van der Waals surface area contributed by atoms with Crippen LogP contribution in [0.5, 0.6) is 23.0 Å². The number of thiophene rings is 4. The number of alkyl halides is 2. The molecule has 337 valence electrons. The van der Waals surface area contributed by atoms with Gasteiger partial charge in [0.25, 0.3) is 0 Å². The van der Waals surface area contributed by atoms with Crippen LogP contribution in [0.4, 0.5) is 0 Å². The molecule has 0 unspecified atom stereocenters. The number of aliphatic hydroxyl groups is 1. The number of aliphatic hydroxyl groups excluding tert-OH is 1. The molecule has 6 nitrogen and oxygen atoms in total. The molecular weight excluding hydrogens is 1640 g/mol. The summed E-state index contributed by atoms with van der Waals surface area (Å²) in [5.74, 6) is 4.13. The topological polar surface area (TPSA) is 74.2 Å². The van der Waals surface area contributed by atoms with Crippen LogP contribution in [-0.4, -0.2) is 44.3 Å². The molecule has 0 aliphatic heterocycles. The molecule has 1 N–H and O–H groups in total. The van der Waals surface area contributed by atoms with Crippen LogP contribution < -0.4 is 18.9 Å². The Kier molecular flexibility index (Phi) is 34.3. The first-order valence-electron chi connectivity index (χ1n) is 17.3. The van der Waals surface area contributed by atoms with E-state index in [0.717, 1.165) is 54.3 Å². The van der Waals surface area contributed by atoms with Gasteiger partial charge in [0.05, 0.1) is 53.8 Å². The van der Waals surface area contributed by atoms with Crippen LogP contribution in [0.3, 0.4) is 0 Å². The van der Waals surface area contributed by atoms with Crippen molar-refractivity contribution in [3.63, 3.8) is 0 Å². The van der Waals surface area contributed by atoms with Crippen LogP contribution in [0.15, 0.2) is 94.3 Å². The van der Waals surface area contributed by atoms with E-state index >= 15 is 0 Å². The van der Waals surface area contributed by atoms with Gasteiger partial charge in [0.15, 0.2) is 5.78 Å². The van der Waals surface area contributed by atoms with Gasteiger partial charge < -0.3 is 24.1 Å². The number of halogens is 7. The zero-order chi connectivity index (χ0) is 45.5. The van der Waals surface area contributed by atoms with Crippen LogP contribution in [0.1, 0.15) is 41.4 Å². The Morgan fingerprint density at radius 2 is 0.952 bits per heavy atom. The molecular formula is C43H46ClI6O6S4V2. The number of hydrogen-bond donors (Lipinski definition) is 1. The van der Waals surface area contributed by atoms with Gasteiger partial charge in [-0.15, -0.1) is 56.9 Å². The van der Waals surface area contributed by atoms with Crippen LogP contribution in [0.2, 0.25) is 0 Å². The third-order valence-corrected chi connectivity index (χ3v) is 12.0. The van der Waals surface area contributed by atoms with Crippen molar-refractivity contribution in [2.24, 2.45) is 0 Å². The molecule has 0 aliphatic carbocycles. The van der Waals surface area contributed by atoms with E-state index < -0.39 is 0 Å². The average Bonchev–Trinajstić information content (AvgIpc) is 4.11. The average molecular weight is 1690 g/mol. The predicted octanol–water partition coefficient (Wildman–Crippen LogP) is 18.5. The zero-order valence-electron chi connectivity index (χ0n) is 33.8. The number of rotatable bonds is 7. The summed E-state index contributed by atoms with van der Waals surface area (Å²) >= 11 is 26.7. The Labute approximate surface area is 467 Å². The molecule has 4 aromatic carbocycles. The molecule has 0 atom stereocenters. The summed E-state index contributed by atoms with van der Waals surface area (Å²) in [6.45, 7) is 3.70. The number of ether oxygens (including phenoxy) is 4. The first-order valence-corrected chi connectivity index (χ1v) is 46.0. The van der Waals surface area contributed by atoms with Gasteiger partial charge in [0.2, 0.25) is 0 Å². The first kappa shape index (κ1) is 61.4. The normalized spacial score (nSPS) is 9.74. The molecule has 0 spiro atoms. The molecule has 8 aromatic rings. The maximum atomic E-state index is 11.2. The Morgan fingerprint density at radius 3 is 1.31 bits per heavy atom. The number of hydrogen-bond acceptors (Lipinski definition) is 10. The van der Waals surface area contributed by atoms with Crippen LogP contribution >= 0.6 is 179 Å². The maximum absolute atomic E-state index is 11.2. The molecule has 19 heteroatoms. The van der Waals surface area contributed by atoms with E-state index in [4.69, 9.17) is 35.7 Å². The van der Waals surface area contributed by atoms with Gasteiger partial charge in [-0.1, -0.05) is 36.1 Å². The van der Waals surface area contributed by atoms with Crippen molar-refractivity contribution in [2.75, 3.05) is 33.4 Å². The number of fused-ring (bicyclic) bond motifs is 4. The predicted molar refractivity (Wildman–Crippen MR) is 321 cm³/mol. The fraction of sp³-hybridized carbons (Fsp3) is 0.233. The van der Waals surface area contributed by atoms with Crippen molar-refractivity contribution >= 4 is 226 Å². The summed E-state index contributed by atoms with van der Waals surface area (Å²) in [5, 5.41) is 21.9. The van der Waals surface area contributed by atoms with Gasteiger partial charge in [-0.2, -0.15) is 0 Å². The summed E-state index contributed by atoms with van der Waals surface area (Å²) < 4.78 is 25.7. The Morgan fingerprint density at radius 1 is 0.629 bits per heavy atom. The molecule has 4 heterocycles. The number of methoxy groups -OCH3 is 4. The van der Waals surface area contributed by atoms with Crippen molar-refractivity contribution in [2.45, 2.75) is 33.8 Å². The van der Waals surface area contributed by atoms with Crippen molar-refractivity contribution < 1.29 is 43.2 Å². The van der Waals surface area contributed by atoms with Crippen LogP contribution in [0.25, 0.3) is 40.3 Å². The summed E-state index contributed by atoms with van der Waals surface area (Å²) in [6, 6.07) is 24.1. The zero-order valence-corrected chi connectivity index (χ0v) is 53.6. The number of carbonyl (C=O) groups is 1. The molecule has 8 rings (SSSR count). The molecule has 4 aromatic heterocycles. The number of aryl methyl sites for hydroxylation is 1. The quantitative estimate of drug-likeness (QED) is 0.0974. The number of carbonyl (C=O) groups excluding carboxylic acids is 1. The molecule has 0 fully saturated rings. The molecule has 0 radical (unpaired) electrons. The van der Waals surface area contributed by atoms with Gasteiger partial charge >= 0.3 is 114 Å². The summed E-state index contributed by atoms with van der Waals surface area (Å²) in [6.07, 6.45) is 0. The Bertz CT molecular complexity index is 2430. The molecule has 62 heavy (non-hydrogen) atoms. The van der Waals surface area contributed by atoms with E-state index in [1.165, 1.54) is 25.7 Å². The van der Waals surface area contributed by atoms with Gasteiger partial charge in [-0.25, -0.2) is 0 Å². The SMILES string of the molecule is C.CI.COc1cc(C(C)=O)cc2ccsc12.COc1cc(C)cc2ccsc12.COc1cc(CCl)cc2ccsc12.COc1cc(CO)cc2ccsc12.[I][V]([I])[I].[I][V][I]. The summed E-state index contributed by atoms with van der Waals surface area (Å²) in [5.41, 5.74) is 3.94. The van der Waals surface area contributed by atoms with Crippen LogP contribution in [0, 0.1) is 6.92 Å². The minimum absolute atomic E-state index is 0. The molecule has 0 saturated carbocycles. The standard InChI is InChI=1S/C11H10O2S.C10H9ClOS.C10H10O2S.C10H10OS.CH3I.CH4.5HI.2V/c1-7(12)9-5-8-3-4-14-11(8)10(6-9)13-2;2*1-12-9-5-7(6-11)4-8-2-3-13-10(8)9;1-7-5-8-3-4-12-10(8)9(6-7)11-2;1-2;;;;;;;;/h3-6H,1-2H3;2-5H,6H2,1H3;2-5,11H,6H2,1H3;3-6H,1-2H3;1H3;1H4;5*1H;;/q;;;;;;;;;;;+2;+3/p-5. The van der Waals surface area contributed by atoms with Crippen molar-refractivity contribution in [3.8, 4) is 23.0 Å². The van der Waals surface area contributed by atoms with E-state index in [9.17, 15) is 4.79 Å². The number of ketones is 1. The van der Waals surface area contributed by atoms with Gasteiger partial charge in [0.1, 0.15) is 23.0 Å². The second-order valence-electron chi connectivity index (χ2n) is 11.7. The Hall–Kier alpha value is 1.39. The monoisotopic (exact) mass is 1680 g/mol. The number of Topliss-reactive ketones (excluding diaryl/α,β-unsaturated/α-hetero) is 1. The van der Waals surface area contributed by atoms with Gasteiger partial charge in [-0.3, -0.25) is 4.79 Å². The summed E-state index contributed by atoms with van der Waals surface area (Å²) in [4.78, 5) is 12.9. The van der Waals surface area contributed by atoms with E-state index in [1.54, 1.807) is 86.8 Å². The molecule has 0 saturated heterocycles. The van der Waals surface area contributed by atoms with Gasteiger partial charge in [-0.05, 0) is 145 Å². The van der Waals surface area contributed by atoms with E-state index in [-0.39, 0.29) is 24.7 Å². The third-order valence-electron chi connectivity index (χ3n) is 7.96. The first-order chi connectivity index (χ1) is 29.4. The third kappa shape index (κ3) is 20.2. The molecule has 0 aliphatic rings. The van der Waals surface area contributed by atoms with Gasteiger partial charge in [0, 0.05) is 11.4 Å². The Balaban J connectivity index is 0.000000386. The van der Waals surface area contributed by atoms with E-state index in [0.29, 0.717) is 20.9 Å². The fourth-order valence-electron chi connectivity index (χ4n) is 5.44. The summed E-state index contributed by atoms with van der Waals surface area (Å²) in [7, 11) is 7.30. The van der Waals surface area contributed by atoms with E-state index in [2.05, 4.69) is 171 Å².